The number of likely N-dealkylation sites (N-methyl/N-ethyl adjacent to an activating group) is 5. The maximum Gasteiger partial charge on any atom is 0.329 e. The molecule has 0 aliphatic carbocycles. The molecule has 0 unspecified atom stereocenters. The fraction of sp³-hybridized carbons (Fsp3) is 0.635. The van der Waals surface area contributed by atoms with Crippen molar-refractivity contribution in [3.05, 3.63) is 64.1 Å². The van der Waals surface area contributed by atoms with Gasteiger partial charge in [0.25, 0.3) is 5.91 Å². The number of piperidine rings is 1. The number of nitrogens with one attached hydrogen (secondary N) is 3. The lowest BCUT2D eigenvalue weighted by molar-refractivity contribution is -0.165. The molecule has 2 aliphatic rings. The molecule has 9 amide bonds. The maximum atomic E-state index is 15.0. The van der Waals surface area contributed by atoms with Gasteiger partial charge in [-0.2, -0.15) is 0 Å². The van der Waals surface area contributed by atoms with Gasteiger partial charge >= 0.3 is 11.9 Å². The number of hydrogen-bond acceptors (Lipinski definition) is 13. The number of amides is 9. The molecular weight excluding hydrogens is 1190 g/mol. The average molecular weight is 1280 g/mol. The minimum atomic E-state index is -1.70. The summed E-state index contributed by atoms with van der Waals surface area (Å²) in [6, 6.07) is 3.89. The van der Waals surface area contributed by atoms with Gasteiger partial charge in [-0.05, 0) is 91.2 Å². The van der Waals surface area contributed by atoms with E-state index in [0.717, 1.165) is 24.7 Å². The highest BCUT2D eigenvalue weighted by atomic mass is 79.9. The zero-order chi connectivity index (χ0) is 65.5. The zero-order valence-corrected chi connectivity index (χ0v) is 55.2. The Morgan fingerprint density at radius 1 is 0.621 bits per heavy atom. The number of fused-ring (bicyclic) bond motifs is 1. The summed E-state index contributed by atoms with van der Waals surface area (Å²) in [5.74, 6) is -11.5. The number of aliphatic carboxylic acids is 1. The van der Waals surface area contributed by atoms with Crippen molar-refractivity contribution in [2.75, 3.05) is 48.3 Å². The third-order valence-corrected chi connectivity index (χ3v) is 17.4. The summed E-state index contributed by atoms with van der Waals surface area (Å²) < 4.78 is 12.8. The number of ether oxygens (including phenoxy) is 2. The van der Waals surface area contributed by atoms with Crippen LogP contribution in [0.5, 0.6) is 5.75 Å². The SMILES string of the molecule is CC[C@H](C)[C@H]1C(=O)NCC(=O)N(C)[C@@H](C(C)C)C(=O)N[C@@H](Cc2ccc(OCc3ccc(Br)cc3)cc2)C(=O)O[C@H](C)C(=O)N2CCCC[C@H]2C(=O)N(C)[C@@H](C(C)C)C(=O)N[C@@H](C(C)C)C(=O)N(C)[C@@H](CC(=O)O)C(=O)N(C)[C@@H]([C@@H](C)CC)C(=O)N1C. The number of hydrogen-bond donors (Lipinski definition) is 4. The van der Waals surface area contributed by atoms with Gasteiger partial charge in [0.15, 0.2) is 6.10 Å². The predicted molar refractivity (Wildman–Crippen MR) is 329 cm³/mol. The Bertz CT molecular complexity index is 2760. The van der Waals surface area contributed by atoms with E-state index in [1.165, 1.54) is 56.9 Å². The smallest absolute Gasteiger partial charge is 0.329 e. The van der Waals surface area contributed by atoms with Crippen LogP contribution >= 0.6 is 15.9 Å². The third kappa shape index (κ3) is 18.7. The van der Waals surface area contributed by atoms with Gasteiger partial charge in [0.1, 0.15) is 60.7 Å². The molecular formula is C63H94BrN9O14. The van der Waals surface area contributed by atoms with Crippen molar-refractivity contribution in [2.24, 2.45) is 29.6 Å². The molecule has 2 aromatic carbocycles. The molecule has 2 saturated heterocycles. The van der Waals surface area contributed by atoms with E-state index >= 15 is 0 Å². The quantitative estimate of drug-likeness (QED) is 0.188. The van der Waals surface area contributed by atoms with Crippen LogP contribution < -0.4 is 20.7 Å². The third-order valence-electron chi connectivity index (χ3n) is 16.9. The maximum absolute atomic E-state index is 15.0. The van der Waals surface area contributed by atoms with Crippen molar-refractivity contribution in [2.45, 2.75) is 182 Å². The largest absolute Gasteiger partial charge is 0.489 e. The summed E-state index contributed by atoms with van der Waals surface area (Å²) in [7, 11) is 6.75. The van der Waals surface area contributed by atoms with Crippen LogP contribution in [-0.4, -0.2) is 202 Å². The monoisotopic (exact) mass is 1280 g/mol. The molecule has 23 nitrogen and oxygen atoms in total. The lowest BCUT2D eigenvalue weighted by Crippen LogP contribution is -2.63. The second-order valence-corrected chi connectivity index (χ2v) is 25.3. The number of carbonyl (C=O) groups excluding carboxylic acids is 10. The lowest BCUT2D eigenvalue weighted by Gasteiger charge is -2.41. The van der Waals surface area contributed by atoms with E-state index in [1.54, 1.807) is 86.6 Å². The van der Waals surface area contributed by atoms with Gasteiger partial charge in [0, 0.05) is 52.7 Å². The van der Waals surface area contributed by atoms with E-state index in [4.69, 9.17) is 9.47 Å². The van der Waals surface area contributed by atoms with Crippen LogP contribution in [0.1, 0.15) is 126 Å². The number of carboxylic acid groups (broad SMARTS) is 1. The van der Waals surface area contributed by atoms with Crippen molar-refractivity contribution >= 4 is 81.0 Å². The number of carbonyl (C=O) groups is 11. The van der Waals surface area contributed by atoms with Crippen LogP contribution in [0.3, 0.4) is 0 Å². The summed E-state index contributed by atoms with van der Waals surface area (Å²) in [6.45, 7) is 18.2. The summed E-state index contributed by atoms with van der Waals surface area (Å²) >= 11 is 3.43. The zero-order valence-electron chi connectivity index (χ0n) is 53.6. The van der Waals surface area contributed by atoms with Gasteiger partial charge in [0.2, 0.25) is 47.3 Å². The van der Waals surface area contributed by atoms with Crippen LogP contribution in [0.4, 0.5) is 0 Å². The van der Waals surface area contributed by atoms with Gasteiger partial charge in [-0.1, -0.05) is 122 Å². The molecule has 4 rings (SSSR count). The lowest BCUT2D eigenvalue weighted by atomic mass is 9.92. The van der Waals surface area contributed by atoms with Crippen LogP contribution in [0.15, 0.2) is 53.0 Å². The van der Waals surface area contributed by atoms with Gasteiger partial charge in [0.05, 0.1) is 13.0 Å². The first kappa shape index (κ1) is 72.4. The first-order valence-corrected chi connectivity index (χ1v) is 31.0. The molecule has 2 aliphatic heterocycles. The Kier molecular flexibility index (Phi) is 27.2. The number of halogens is 1. The van der Waals surface area contributed by atoms with E-state index in [0.29, 0.717) is 37.0 Å². The predicted octanol–water partition coefficient (Wildman–Crippen LogP) is 4.65. The molecule has 87 heavy (non-hydrogen) atoms. The van der Waals surface area contributed by atoms with Gasteiger partial charge in [-0.25, -0.2) is 4.79 Å². The highest BCUT2D eigenvalue weighted by Crippen LogP contribution is 2.27. The molecule has 0 saturated carbocycles. The van der Waals surface area contributed by atoms with Crippen molar-refractivity contribution in [3.8, 4) is 5.75 Å². The minimum absolute atomic E-state index is 0.0970. The fourth-order valence-corrected chi connectivity index (χ4v) is 11.6. The number of rotatable bonds is 14. The fourth-order valence-electron chi connectivity index (χ4n) is 11.4. The molecule has 0 bridgehead atoms. The molecule has 2 heterocycles. The molecule has 24 heteroatoms. The molecule has 11 atom stereocenters. The Balaban J connectivity index is 1.85. The number of cyclic esters (lactones) is 1. The van der Waals surface area contributed by atoms with E-state index < -0.39 is 162 Å². The normalized spacial score (nSPS) is 25.5. The average Bonchev–Trinajstić information content (AvgIpc) is 1.96. The van der Waals surface area contributed by atoms with Gasteiger partial charge < -0.3 is 59.9 Å². The standard InChI is InChI=1S/C63H94BrN9O14/c1-17-38(9)53-55(77)65-33-48(74)69(13)51(36(5)6)56(78)66-45(31-41-24-28-44(29-25-41)86-34-42-22-26-43(64)27-23-42)63(85)87-40(11)58(80)73-30-20-19-21-46(73)59(81)70(14)52(37(7)8)57(79)67-50(35(3)4)61(83)68(12)47(32-49(75)76)60(82)72(16)54(39(10)18-2)62(84)71(53)15/h22-29,35-40,45-47,50-54H,17-21,30-34H2,1-16H3,(H,65,77)(H,66,78)(H,67,79)(H,75,76)/t38-,39-,40+,45-,46-,47-,50-,51-,52-,53-,54-/m0/s1. The molecule has 2 fully saturated rings. The topological polar surface area (TPSA) is 282 Å². The van der Waals surface area contributed by atoms with E-state index in [-0.39, 0.29) is 26.0 Å². The Labute approximate surface area is 521 Å². The van der Waals surface area contributed by atoms with Gasteiger partial charge in [-0.15, -0.1) is 0 Å². The Morgan fingerprint density at radius 3 is 1.70 bits per heavy atom. The second kappa shape index (κ2) is 32.7. The van der Waals surface area contributed by atoms with Crippen LogP contribution in [0.25, 0.3) is 0 Å². The van der Waals surface area contributed by atoms with Crippen molar-refractivity contribution in [3.63, 3.8) is 0 Å². The highest BCUT2D eigenvalue weighted by Gasteiger charge is 2.46. The molecule has 0 spiro atoms. The van der Waals surface area contributed by atoms with Crippen molar-refractivity contribution < 1.29 is 67.3 Å². The minimum Gasteiger partial charge on any atom is -0.489 e. The Hall–Kier alpha value is -7.11. The van der Waals surface area contributed by atoms with E-state index in [1.807, 2.05) is 31.2 Å². The molecule has 2 aromatic rings. The molecule has 0 radical (unpaired) electrons. The Morgan fingerprint density at radius 2 is 1.15 bits per heavy atom. The molecule has 4 N–H and O–H groups in total. The highest BCUT2D eigenvalue weighted by molar-refractivity contribution is 9.10. The number of benzene rings is 2. The van der Waals surface area contributed by atoms with Crippen molar-refractivity contribution in [1.29, 1.82) is 0 Å². The van der Waals surface area contributed by atoms with Crippen LogP contribution in [0, 0.1) is 29.6 Å². The molecule has 0 aromatic heterocycles. The summed E-state index contributed by atoms with van der Waals surface area (Å²) in [4.78, 5) is 166. The van der Waals surface area contributed by atoms with Crippen molar-refractivity contribution in [1.82, 2.24) is 45.3 Å². The van der Waals surface area contributed by atoms with E-state index in [9.17, 15) is 57.8 Å². The first-order valence-electron chi connectivity index (χ1n) is 30.2. The number of esters is 1. The van der Waals surface area contributed by atoms with Crippen LogP contribution in [0.2, 0.25) is 0 Å². The summed E-state index contributed by atoms with van der Waals surface area (Å²) in [5.41, 5.74) is 1.49. The van der Waals surface area contributed by atoms with Gasteiger partial charge in [-0.3, -0.25) is 47.9 Å². The number of carboxylic acids is 1. The molecule has 482 valence electrons. The van der Waals surface area contributed by atoms with E-state index in [2.05, 4.69) is 31.9 Å². The first-order chi connectivity index (χ1) is 40.8. The second-order valence-electron chi connectivity index (χ2n) is 24.3. The summed E-state index contributed by atoms with van der Waals surface area (Å²) in [6.07, 6.45) is -0.572. The number of nitrogens with zero attached hydrogens (tertiary/aromatic N) is 6. The van der Waals surface area contributed by atoms with Crippen LogP contribution in [-0.2, 0) is 70.5 Å². The summed E-state index contributed by atoms with van der Waals surface area (Å²) in [5, 5.41) is 18.5.